The molecule has 0 saturated heterocycles. The topological polar surface area (TPSA) is 89.8 Å². The van der Waals surface area contributed by atoms with Gasteiger partial charge in [-0.05, 0) is 42.5 Å². The molecule has 7 nitrogen and oxygen atoms in total. The van der Waals surface area contributed by atoms with Crippen LogP contribution in [0.5, 0.6) is 11.5 Å². The van der Waals surface area contributed by atoms with Gasteiger partial charge >= 0.3 is 0 Å². The van der Waals surface area contributed by atoms with Crippen LogP contribution in [0.15, 0.2) is 65.3 Å². The summed E-state index contributed by atoms with van der Waals surface area (Å²) < 4.78 is 15.7. The number of amides is 2. The predicted molar refractivity (Wildman–Crippen MR) is 108 cm³/mol. The van der Waals surface area contributed by atoms with Crippen molar-refractivity contribution in [3.8, 4) is 11.5 Å². The molecule has 2 N–H and O–H groups in total. The van der Waals surface area contributed by atoms with E-state index in [0.29, 0.717) is 34.1 Å². The van der Waals surface area contributed by atoms with Gasteiger partial charge in [0.2, 0.25) is 5.91 Å². The smallest absolute Gasteiger partial charge is 0.253 e. The summed E-state index contributed by atoms with van der Waals surface area (Å²) in [4.78, 5) is 25.2. The highest BCUT2D eigenvalue weighted by molar-refractivity contribution is 6.04. The second-order valence-electron chi connectivity index (χ2n) is 6.21. The third kappa shape index (κ3) is 5.16. The van der Waals surface area contributed by atoms with Gasteiger partial charge in [-0.15, -0.1) is 0 Å². The molecule has 29 heavy (non-hydrogen) atoms. The maximum absolute atomic E-state index is 12.6. The fourth-order valence-electron chi connectivity index (χ4n) is 2.85. The summed E-state index contributed by atoms with van der Waals surface area (Å²) in [5.41, 5.74) is 1.48. The van der Waals surface area contributed by atoms with E-state index in [4.69, 9.17) is 13.9 Å². The number of rotatable bonds is 8. The first-order valence-electron chi connectivity index (χ1n) is 9.01. The van der Waals surface area contributed by atoms with Crippen molar-refractivity contribution in [2.24, 2.45) is 0 Å². The molecule has 150 valence electrons. The molecular formula is C22H22N2O5. The Kier molecular flexibility index (Phi) is 6.52. The number of hydrogen-bond acceptors (Lipinski definition) is 5. The van der Waals surface area contributed by atoms with Gasteiger partial charge in [-0.3, -0.25) is 9.59 Å². The molecule has 0 saturated carbocycles. The lowest BCUT2D eigenvalue weighted by molar-refractivity contribution is -0.115. The van der Waals surface area contributed by atoms with Crippen molar-refractivity contribution < 1.29 is 23.5 Å². The lowest BCUT2D eigenvalue weighted by Crippen LogP contribution is -2.25. The van der Waals surface area contributed by atoms with Crippen LogP contribution in [0.4, 0.5) is 5.69 Å². The van der Waals surface area contributed by atoms with Crippen LogP contribution in [0.2, 0.25) is 0 Å². The van der Waals surface area contributed by atoms with Crippen molar-refractivity contribution in [3.63, 3.8) is 0 Å². The first kappa shape index (κ1) is 20.0. The zero-order valence-electron chi connectivity index (χ0n) is 16.2. The van der Waals surface area contributed by atoms with E-state index in [-0.39, 0.29) is 24.8 Å². The summed E-state index contributed by atoms with van der Waals surface area (Å²) in [6.45, 7) is 0.259. The number of carbonyl (C=O) groups is 2. The van der Waals surface area contributed by atoms with Crippen LogP contribution in [-0.2, 0) is 17.8 Å². The van der Waals surface area contributed by atoms with E-state index in [1.165, 1.54) is 0 Å². The highest BCUT2D eigenvalue weighted by Gasteiger charge is 2.15. The molecule has 0 bridgehead atoms. The summed E-state index contributed by atoms with van der Waals surface area (Å²) in [6, 6.07) is 15.6. The molecule has 1 aromatic heterocycles. The summed E-state index contributed by atoms with van der Waals surface area (Å²) >= 11 is 0. The van der Waals surface area contributed by atoms with Gasteiger partial charge in [0.1, 0.15) is 17.3 Å². The number of anilines is 1. The molecule has 0 unspecified atom stereocenters. The quantitative estimate of drug-likeness (QED) is 0.611. The molecule has 0 fully saturated rings. The Morgan fingerprint density at radius 1 is 1.00 bits per heavy atom. The lowest BCUT2D eigenvalue weighted by atomic mass is 10.1. The monoisotopic (exact) mass is 394 g/mol. The maximum atomic E-state index is 12.6. The Hall–Kier alpha value is -3.74. The van der Waals surface area contributed by atoms with Gasteiger partial charge in [0, 0.05) is 5.56 Å². The number of carbonyl (C=O) groups excluding carboxylic acids is 2. The van der Waals surface area contributed by atoms with Crippen LogP contribution in [0.3, 0.4) is 0 Å². The van der Waals surface area contributed by atoms with E-state index in [1.807, 2.05) is 0 Å². The van der Waals surface area contributed by atoms with E-state index in [2.05, 4.69) is 10.6 Å². The first-order chi connectivity index (χ1) is 14.1. The van der Waals surface area contributed by atoms with Gasteiger partial charge in [-0.2, -0.15) is 0 Å². The average molecular weight is 394 g/mol. The molecule has 0 aliphatic rings. The Morgan fingerprint density at radius 3 is 2.55 bits per heavy atom. The van der Waals surface area contributed by atoms with Gasteiger partial charge in [-0.25, -0.2) is 0 Å². The average Bonchev–Trinajstić information content (AvgIpc) is 3.26. The highest BCUT2D eigenvalue weighted by atomic mass is 16.5. The zero-order valence-corrected chi connectivity index (χ0v) is 16.2. The van der Waals surface area contributed by atoms with E-state index in [1.54, 1.807) is 75.1 Å². The Bertz CT molecular complexity index is 983. The van der Waals surface area contributed by atoms with Crippen LogP contribution in [0.25, 0.3) is 0 Å². The highest BCUT2D eigenvalue weighted by Crippen LogP contribution is 2.25. The minimum atomic E-state index is -0.309. The Morgan fingerprint density at radius 2 is 1.83 bits per heavy atom. The normalized spacial score (nSPS) is 10.3. The Balaban J connectivity index is 1.70. The van der Waals surface area contributed by atoms with E-state index in [0.717, 1.165) is 0 Å². The molecule has 0 aliphatic heterocycles. The zero-order chi connectivity index (χ0) is 20.6. The van der Waals surface area contributed by atoms with E-state index in [9.17, 15) is 9.59 Å². The van der Waals surface area contributed by atoms with Crippen LogP contribution in [0.1, 0.15) is 21.7 Å². The second kappa shape index (κ2) is 9.45. The molecule has 2 amide bonds. The van der Waals surface area contributed by atoms with E-state index < -0.39 is 0 Å². The molecule has 0 aliphatic carbocycles. The maximum Gasteiger partial charge on any atom is 0.253 e. The standard InChI is InChI=1S/C22H22N2O5/c1-27-16-9-10-20(28-2)15(12-16)13-21(25)24-19-8-4-3-7-18(19)22(26)23-14-17-6-5-11-29-17/h3-12H,13-14H2,1-2H3,(H,23,26)(H,24,25). The van der Waals surface area contributed by atoms with Crippen LogP contribution < -0.4 is 20.1 Å². The van der Waals surface area contributed by atoms with Gasteiger partial charge in [0.25, 0.3) is 5.91 Å². The van der Waals surface area contributed by atoms with Crippen molar-refractivity contribution in [2.45, 2.75) is 13.0 Å². The number of benzene rings is 2. The first-order valence-corrected chi connectivity index (χ1v) is 9.01. The van der Waals surface area contributed by atoms with Gasteiger partial charge < -0.3 is 24.5 Å². The lowest BCUT2D eigenvalue weighted by Gasteiger charge is -2.13. The number of furan rings is 1. The molecule has 3 rings (SSSR count). The SMILES string of the molecule is COc1ccc(OC)c(CC(=O)Nc2ccccc2C(=O)NCc2ccco2)c1. The van der Waals surface area contributed by atoms with E-state index >= 15 is 0 Å². The minimum Gasteiger partial charge on any atom is -0.497 e. The fraction of sp³-hybridized carbons (Fsp3) is 0.182. The molecule has 0 radical (unpaired) electrons. The van der Waals surface area contributed by atoms with Crippen molar-refractivity contribution in [1.29, 1.82) is 0 Å². The molecule has 0 spiro atoms. The largest absolute Gasteiger partial charge is 0.497 e. The molecule has 2 aromatic carbocycles. The van der Waals surface area contributed by atoms with Crippen molar-refractivity contribution in [1.82, 2.24) is 5.32 Å². The predicted octanol–water partition coefficient (Wildman–Crippen LogP) is 3.41. The minimum absolute atomic E-state index is 0.0721. The molecule has 7 heteroatoms. The third-order valence-corrected chi connectivity index (χ3v) is 4.29. The summed E-state index contributed by atoms with van der Waals surface area (Å²) in [7, 11) is 3.10. The molecule has 3 aromatic rings. The third-order valence-electron chi connectivity index (χ3n) is 4.29. The molecule has 1 heterocycles. The summed E-state index contributed by atoms with van der Waals surface area (Å²) in [5.74, 6) is 1.28. The number of hydrogen-bond donors (Lipinski definition) is 2. The molecular weight excluding hydrogens is 372 g/mol. The molecule has 0 atom stereocenters. The van der Waals surface area contributed by atoms with Crippen LogP contribution in [-0.4, -0.2) is 26.0 Å². The second-order valence-corrected chi connectivity index (χ2v) is 6.21. The van der Waals surface area contributed by atoms with Gasteiger partial charge in [0.05, 0.1) is 44.7 Å². The summed E-state index contributed by atoms with van der Waals surface area (Å²) in [5, 5.41) is 5.58. The fourth-order valence-corrected chi connectivity index (χ4v) is 2.85. The number of nitrogens with one attached hydrogen (secondary N) is 2. The van der Waals surface area contributed by atoms with Crippen molar-refractivity contribution in [3.05, 3.63) is 77.7 Å². The summed E-state index contributed by atoms with van der Waals surface area (Å²) in [6.07, 6.45) is 1.62. The van der Waals surface area contributed by atoms with Gasteiger partial charge in [-0.1, -0.05) is 12.1 Å². The van der Waals surface area contributed by atoms with Crippen molar-refractivity contribution in [2.75, 3.05) is 19.5 Å². The number of para-hydroxylation sites is 1. The number of methoxy groups -OCH3 is 2. The van der Waals surface area contributed by atoms with Crippen molar-refractivity contribution >= 4 is 17.5 Å². The van der Waals surface area contributed by atoms with Gasteiger partial charge in [0.15, 0.2) is 0 Å². The van der Waals surface area contributed by atoms with Crippen LogP contribution >= 0.6 is 0 Å². The number of ether oxygens (including phenoxy) is 2. The van der Waals surface area contributed by atoms with Crippen LogP contribution in [0, 0.1) is 0 Å². The Labute approximate surface area is 168 Å².